The Morgan fingerprint density at radius 2 is 2.38 bits per heavy atom. The molecule has 1 rings (SSSR count). The van der Waals surface area contributed by atoms with Crippen molar-refractivity contribution >= 4 is 17.7 Å². The molecule has 0 aliphatic carbocycles. The molecule has 0 fully saturated rings. The first-order chi connectivity index (χ1) is 7.61. The van der Waals surface area contributed by atoms with Crippen molar-refractivity contribution < 1.29 is 9.90 Å². The summed E-state index contributed by atoms with van der Waals surface area (Å²) in [6.45, 7) is 3.84. The minimum Gasteiger partial charge on any atom is -0.480 e. The van der Waals surface area contributed by atoms with Gasteiger partial charge in [0, 0.05) is 12.4 Å². The van der Waals surface area contributed by atoms with Crippen molar-refractivity contribution in [3.05, 3.63) is 30.1 Å². The van der Waals surface area contributed by atoms with E-state index in [0.29, 0.717) is 0 Å². The molecule has 1 unspecified atom stereocenters. The van der Waals surface area contributed by atoms with Gasteiger partial charge >= 0.3 is 5.97 Å². The Bertz CT molecular complexity index is 342. The van der Waals surface area contributed by atoms with Gasteiger partial charge in [-0.05, 0) is 30.7 Å². The Hall–Kier alpha value is -1.03. The van der Waals surface area contributed by atoms with Crippen LogP contribution >= 0.6 is 11.8 Å². The SMILES string of the molecule is CCCCSC(C)(C(=O)O)c1cccnc1. The van der Waals surface area contributed by atoms with Crippen LogP contribution in [0.15, 0.2) is 24.5 Å². The summed E-state index contributed by atoms with van der Waals surface area (Å²) in [5.74, 6) is 0.0513. The van der Waals surface area contributed by atoms with Gasteiger partial charge in [0.15, 0.2) is 0 Å². The average Bonchev–Trinajstić information content (AvgIpc) is 2.30. The van der Waals surface area contributed by atoms with Crippen molar-refractivity contribution in [1.29, 1.82) is 0 Å². The van der Waals surface area contributed by atoms with E-state index in [-0.39, 0.29) is 0 Å². The lowest BCUT2D eigenvalue weighted by atomic mass is 10.0. The van der Waals surface area contributed by atoms with Crippen molar-refractivity contribution in [3.8, 4) is 0 Å². The minimum absolute atomic E-state index is 0.753. The Morgan fingerprint density at radius 3 is 2.88 bits per heavy atom. The first-order valence-corrected chi connectivity index (χ1v) is 6.37. The third-order valence-corrected chi connectivity index (χ3v) is 3.99. The van der Waals surface area contributed by atoms with Gasteiger partial charge in [0.1, 0.15) is 4.75 Å². The number of pyridine rings is 1. The lowest BCUT2D eigenvalue weighted by Crippen LogP contribution is -2.29. The van der Waals surface area contributed by atoms with Gasteiger partial charge in [-0.3, -0.25) is 9.78 Å². The van der Waals surface area contributed by atoms with Crippen LogP contribution in [0.1, 0.15) is 32.3 Å². The Labute approximate surface area is 100 Å². The van der Waals surface area contributed by atoms with E-state index in [2.05, 4.69) is 11.9 Å². The molecule has 88 valence electrons. The molecular weight excluding hydrogens is 222 g/mol. The molecule has 0 aromatic carbocycles. The van der Waals surface area contributed by atoms with Crippen LogP contribution in [0.3, 0.4) is 0 Å². The van der Waals surface area contributed by atoms with Crippen molar-refractivity contribution in [1.82, 2.24) is 4.98 Å². The molecule has 4 heteroatoms. The molecule has 0 aliphatic rings. The summed E-state index contributed by atoms with van der Waals surface area (Å²) in [5, 5.41) is 9.34. The summed E-state index contributed by atoms with van der Waals surface area (Å²) in [4.78, 5) is 15.4. The van der Waals surface area contributed by atoms with Crippen LogP contribution in [0.4, 0.5) is 0 Å². The van der Waals surface area contributed by atoms with Gasteiger partial charge in [-0.1, -0.05) is 19.4 Å². The number of thioether (sulfide) groups is 1. The number of nitrogens with zero attached hydrogens (tertiary/aromatic N) is 1. The molecule has 1 aromatic rings. The van der Waals surface area contributed by atoms with Gasteiger partial charge in [0.2, 0.25) is 0 Å². The Balaban J connectivity index is 2.85. The Morgan fingerprint density at radius 1 is 1.62 bits per heavy atom. The van der Waals surface area contributed by atoms with E-state index >= 15 is 0 Å². The second kappa shape index (κ2) is 5.89. The minimum atomic E-state index is -0.885. The quantitative estimate of drug-likeness (QED) is 0.775. The van der Waals surface area contributed by atoms with Gasteiger partial charge in [-0.2, -0.15) is 0 Å². The molecular formula is C12H17NO2S. The summed E-state index contributed by atoms with van der Waals surface area (Å²) in [7, 11) is 0. The maximum Gasteiger partial charge on any atom is 0.324 e. The van der Waals surface area contributed by atoms with E-state index in [9.17, 15) is 9.90 Å². The van der Waals surface area contributed by atoms with E-state index < -0.39 is 10.7 Å². The predicted octanol–water partition coefficient (Wildman–Crippen LogP) is 2.91. The summed E-state index contributed by atoms with van der Waals surface area (Å²) in [6.07, 6.45) is 5.40. The molecule has 1 atom stereocenters. The fourth-order valence-corrected chi connectivity index (χ4v) is 2.59. The zero-order valence-corrected chi connectivity index (χ0v) is 10.5. The number of carbonyl (C=O) groups is 1. The number of unbranched alkanes of at least 4 members (excludes halogenated alkanes) is 1. The molecule has 1 N–H and O–H groups in total. The number of aliphatic carboxylic acids is 1. The van der Waals surface area contributed by atoms with Crippen LogP contribution in [0, 0.1) is 0 Å². The third kappa shape index (κ3) is 2.98. The monoisotopic (exact) mass is 239 g/mol. The fraction of sp³-hybridized carbons (Fsp3) is 0.500. The van der Waals surface area contributed by atoms with Crippen molar-refractivity contribution in [2.45, 2.75) is 31.4 Å². The molecule has 0 radical (unpaired) electrons. The fourth-order valence-electron chi connectivity index (χ4n) is 1.33. The molecule has 0 bridgehead atoms. The largest absolute Gasteiger partial charge is 0.480 e. The zero-order valence-electron chi connectivity index (χ0n) is 9.64. The number of carboxylic acid groups (broad SMARTS) is 1. The van der Waals surface area contributed by atoms with E-state index in [0.717, 1.165) is 24.2 Å². The third-order valence-electron chi connectivity index (χ3n) is 2.51. The second-order valence-electron chi connectivity index (χ2n) is 3.78. The molecule has 0 saturated carbocycles. The predicted molar refractivity (Wildman–Crippen MR) is 66.6 cm³/mol. The van der Waals surface area contributed by atoms with Gasteiger partial charge in [-0.15, -0.1) is 11.8 Å². The normalized spacial score (nSPS) is 14.4. The highest BCUT2D eigenvalue weighted by Gasteiger charge is 2.35. The summed E-state index contributed by atoms with van der Waals surface area (Å²) in [6, 6.07) is 3.59. The first-order valence-electron chi connectivity index (χ1n) is 5.39. The lowest BCUT2D eigenvalue weighted by Gasteiger charge is -2.24. The second-order valence-corrected chi connectivity index (χ2v) is 5.30. The first kappa shape index (κ1) is 13.0. The van der Waals surface area contributed by atoms with E-state index in [1.165, 1.54) is 11.8 Å². The average molecular weight is 239 g/mol. The highest BCUT2D eigenvalue weighted by molar-refractivity contribution is 8.00. The summed E-state index contributed by atoms with van der Waals surface area (Å²) < 4.78 is -0.885. The smallest absolute Gasteiger partial charge is 0.324 e. The number of rotatable bonds is 6. The molecule has 0 amide bonds. The summed E-state index contributed by atoms with van der Waals surface area (Å²) >= 11 is 1.47. The van der Waals surface area contributed by atoms with Crippen LogP contribution in [-0.2, 0) is 9.54 Å². The molecule has 0 aliphatic heterocycles. The number of hydrogen-bond acceptors (Lipinski definition) is 3. The molecule has 1 aromatic heterocycles. The van der Waals surface area contributed by atoms with Crippen molar-refractivity contribution in [3.63, 3.8) is 0 Å². The van der Waals surface area contributed by atoms with Gasteiger partial charge in [0.25, 0.3) is 0 Å². The molecule has 16 heavy (non-hydrogen) atoms. The van der Waals surface area contributed by atoms with Crippen LogP contribution in [0.5, 0.6) is 0 Å². The van der Waals surface area contributed by atoms with Gasteiger partial charge < -0.3 is 5.11 Å². The van der Waals surface area contributed by atoms with Crippen molar-refractivity contribution in [2.24, 2.45) is 0 Å². The highest BCUT2D eigenvalue weighted by Crippen LogP contribution is 2.36. The number of aromatic nitrogens is 1. The van der Waals surface area contributed by atoms with E-state index in [1.807, 2.05) is 6.07 Å². The topological polar surface area (TPSA) is 50.2 Å². The van der Waals surface area contributed by atoms with Crippen LogP contribution in [0.25, 0.3) is 0 Å². The maximum atomic E-state index is 11.4. The van der Waals surface area contributed by atoms with Crippen LogP contribution < -0.4 is 0 Å². The summed E-state index contributed by atoms with van der Waals surface area (Å²) in [5.41, 5.74) is 0.753. The maximum absolute atomic E-state index is 11.4. The van der Waals surface area contributed by atoms with E-state index in [1.54, 1.807) is 25.4 Å². The Kier molecular flexibility index (Phi) is 4.80. The highest BCUT2D eigenvalue weighted by atomic mass is 32.2. The molecule has 1 heterocycles. The molecule has 0 spiro atoms. The van der Waals surface area contributed by atoms with E-state index in [4.69, 9.17) is 0 Å². The molecule has 3 nitrogen and oxygen atoms in total. The zero-order chi connectivity index (χ0) is 12.0. The van der Waals surface area contributed by atoms with Crippen LogP contribution in [0.2, 0.25) is 0 Å². The van der Waals surface area contributed by atoms with Crippen molar-refractivity contribution in [2.75, 3.05) is 5.75 Å². The number of hydrogen-bond donors (Lipinski definition) is 1. The van der Waals surface area contributed by atoms with Gasteiger partial charge in [0.05, 0.1) is 0 Å². The van der Waals surface area contributed by atoms with Gasteiger partial charge in [-0.25, -0.2) is 0 Å². The standard InChI is InChI=1S/C12H17NO2S/c1-3-4-8-16-12(2,11(14)15)10-6-5-7-13-9-10/h5-7,9H,3-4,8H2,1-2H3,(H,14,15). The van der Waals surface area contributed by atoms with Crippen LogP contribution in [-0.4, -0.2) is 21.8 Å². The lowest BCUT2D eigenvalue weighted by molar-refractivity contribution is -0.139. The number of carboxylic acids is 1. The molecule has 0 saturated heterocycles.